The van der Waals surface area contributed by atoms with E-state index in [9.17, 15) is 14.1 Å². The third kappa shape index (κ3) is 17.2. The Morgan fingerprint density at radius 3 is 1.75 bits per heavy atom. The Bertz CT molecular complexity index is 334. The summed E-state index contributed by atoms with van der Waals surface area (Å²) in [5.41, 5.74) is 0.220. The summed E-state index contributed by atoms with van der Waals surface area (Å²) in [6.45, 7) is 0. The van der Waals surface area contributed by atoms with Gasteiger partial charge in [-0.1, -0.05) is 30.3 Å². The monoisotopic (exact) mass is 266 g/mol. The van der Waals surface area contributed by atoms with Crippen molar-refractivity contribution >= 4 is 13.9 Å². The third-order valence-corrected chi connectivity index (χ3v) is 1.01. The Morgan fingerprint density at radius 1 is 1.25 bits per heavy atom. The van der Waals surface area contributed by atoms with Crippen molar-refractivity contribution in [3.05, 3.63) is 35.9 Å². The average Bonchev–Trinajstić information content (AvgIpc) is 2.03. The van der Waals surface area contributed by atoms with Crippen molar-refractivity contribution in [1.29, 1.82) is 0 Å². The van der Waals surface area contributed by atoms with E-state index in [1.165, 1.54) is 12.1 Å². The molecule has 1 rings (SSSR count). The summed E-state index contributed by atoms with van der Waals surface area (Å²) in [4.78, 5) is 25.5. The second-order valence-corrected chi connectivity index (χ2v) is 3.01. The van der Waals surface area contributed by atoms with Gasteiger partial charge >= 0.3 is 67.0 Å². The van der Waals surface area contributed by atoms with Crippen LogP contribution in [0, 0.1) is 0 Å². The molecule has 1 N–H and O–H groups in total. The van der Waals surface area contributed by atoms with Crippen molar-refractivity contribution in [1.82, 2.24) is 0 Å². The minimum absolute atomic E-state index is 0. The Labute approximate surface area is 136 Å². The minimum Gasteiger partial charge on any atom is -0.753 e. The normalized spacial score (nSPS) is 11.7. The molecule has 0 saturated carbocycles. The van der Waals surface area contributed by atoms with Crippen LogP contribution in [0.1, 0.15) is 10.4 Å². The van der Waals surface area contributed by atoms with Crippen molar-refractivity contribution in [2.24, 2.45) is 0 Å². The molecule has 0 saturated heterocycles. The van der Waals surface area contributed by atoms with Gasteiger partial charge < -0.3 is 19.7 Å². The van der Waals surface area contributed by atoms with E-state index in [4.69, 9.17) is 14.4 Å². The van der Waals surface area contributed by atoms with Crippen LogP contribution in [0.15, 0.2) is 30.3 Å². The summed E-state index contributed by atoms with van der Waals surface area (Å²) in [6, 6.07) is 8.06. The third-order valence-electron chi connectivity index (χ3n) is 1.01. The Hall–Kier alpha value is 0.770. The number of aromatic carboxylic acids is 1. The van der Waals surface area contributed by atoms with E-state index < -0.39 is 13.9 Å². The molecule has 0 aliphatic carbocycles. The maximum absolute atomic E-state index is 10.2. The van der Waals surface area contributed by atoms with Gasteiger partial charge in [0.05, 0.1) is 5.97 Å². The molecule has 1 unspecified atom stereocenters. The predicted octanol–water partition coefficient (Wildman–Crippen LogP) is -6.53. The number of rotatable bonds is 1. The number of halogens is 1. The van der Waals surface area contributed by atoms with Crippen LogP contribution in [0.4, 0.5) is 4.20 Å². The predicted molar refractivity (Wildman–Crippen MR) is 41.7 cm³/mol. The van der Waals surface area contributed by atoms with Crippen LogP contribution in [0.2, 0.25) is 0 Å². The molecule has 1 aromatic carbocycles. The fraction of sp³-hybridized carbons (Fsp3) is 0. The standard InChI is InChI=1S/C7H6O2.FH2O3P.2Na/c8-7(9)6-4-2-1-3-5-6;1-5(2,3)4;;/h1-5H,(H,8,9);(H2,2,3,4);;/q;;2*+1/p-2. The van der Waals surface area contributed by atoms with Crippen molar-refractivity contribution in [3.8, 4) is 0 Å². The van der Waals surface area contributed by atoms with Crippen LogP contribution in [-0.2, 0) is 4.57 Å². The molecule has 0 aliphatic rings. The maximum Gasteiger partial charge on any atom is 1.00 e. The van der Waals surface area contributed by atoms with Crippen LogP contribution in [-0.4, -0.2) is 10.9 Å². The van der Waals surface area contributed by atoms with E-state index in [-0.39, 0.29) is 64.7 Å². The first-order chi connectivity index (χ1) is 6.30. The molecule has 0 radical (unpaired) electrons. The molecule has 0 bridgehead atoms. The molecule has 9 heteroatoms. The topological polar surface area (TPSA) is 100 Å². The molecule has 0 aliphatic heterocycles. The zero-order valence-corrected chi connectivity index (χ0v) is 13.7. The first-order valence-electron chi connectivity index (χ1n) is 3.30. The first kappa shape index (κ1) is 22.0. The van der Waals surface area contributed by atoms with Crippen LogP contribution in [0.25, 0.3) is 0 Å². The van der Waals surface area contributed by atoms with Crippen LogP contribution in [0.5, 0.6) is 0 Å². The quantitative estimate of drug-likeness (QED) is 0.402. The van der Waals surface area contributed by atoms with Gasteiger partial charge in [0, 0.05) is 0 Å². The van der Waals surface area contributed by atoms with Crippen molar-refractivity contribution < 1.29 is 87.6 Å². The molecular formula is C7H6FNa2O5P. The zero-order valence-electron chi connectivity index (χ0n) is 8.79. The fourth-order valence-electron chi connectivity index (χ4n) is 0.574. The summed E-state index contributed by atoms with van der Waals surface area (Å²) >= 11 is 0. The van der Waals surface area contributed by atoms with Gasteiger partial charge in [-0.05, 0) is 5.56 Å². The zero-order chi connectivity index (χ0) is 11.2. The summed E-state index contributed by atoms with van der Waals surface area (Å²) < 4.78 is 18.8. The molecule has 0 amide bonds. The van der Waals surface area contributed by atoms with E-state index in [0.29, 0.717) is 0 Å². The number of carbonyl (C=O) groups is 1. The summed E-state index contributed by atoms with van der Waals surface area (Å²) in [5, 5.41) is 10.1. The number of carboxylic acid groups (broad SMARTS) is 1. The van der Waals surface area contributed by atoms with Gasteiger partial charge in [-0.3, -0.25) is 4.57 Å². The van der Waals surface area contributed by atoms with E-state index in [1.807, 2.05) is 0 Å². The van der Waals surface area contributed by atoms with Gasteiger partial charge in [0.15, 0.2) is 0 Å². The maximum atomic E-state index is 10.2. The van der Waals surface area contributed by atoms with E-state index in [2.05, 4.69) is 0 Å². The molecular weight excluding hydrogens is 260 g/mol. The minimum atomic E-state index is -5.39. The van der Waals surface area contributed by atoms with Crippen LogP contribution < -0.4 is 69.1 Å². The van der Waals surface area contributed by atoms with Gasteiger partial charge in [0.25, 0.3) is 0 Å². The molecule has 1 aromatic rings. The molecule has 0 heterocycles. The number of benzene rings is 1. The number of carbonyl (C=O) groups excluding carboxylic acids is 1. The Morgan fingerprint density at radius 2 is 1.56 bits per heavy atom. The molecule has 0 fully saturated rings. The first-order valence-corrected chi connectivity index (χ1v) is 4.77. The Balaban J connectivity index is -0.000000214. The molecule has 1 atom stereocenters. The fourth-order valence-corrected chi connectivity index (χ4v) is 0.574. The SMILES string of the molecule is O=C([O-])c1ccccc1.O=P([O-])(O)F.[Na+].[Na+]. The number of hydrogen-bond donors (Lipinski definition) is 1. The molecule has 0 spiro atoms. The molecule has 78 valence electrons. The summed E-state index contributed by atoms with van der Waals surface area (Å²) in [6.07, 6.45) is 0. The van der Waals surface area contributed by atoms with Crippen molar-refractivity contribution in [3.63, 3.8) is 0 Å². The van der Waals surface area contributed by atoms with E-state index in [0.717, 1.165) is 0 Å². The smallest absolute Gasteiger partial charge is 0.753 e. The van der Waals surface area contributed by atoms with Gasteiger partial charge in [-0.2, -0.15) is 4.20 Å². The Kier molecular flexibility index (Phi) is 15.0. The number of hydrogen-bond acceptors (Lipinski definition) is 4. The average molecular weight is 266 g/mol. The number of carboxylic acids is 1. The van der Waals surface area contributed by atoms with Crippen molar-refractivity contribution in [2.45, 2.75) is 0 Å². The molecule has 16 heavy (non-hydrogen) atoms. The van der Waals surface area contributed by atoms with Gasteiger partial charge in [0.1, 0.15) is 0 Å². The van der Waals surface area contributed by atoms with Crippen molar-refractivity contribution in [2.75, 3.05) is 0 Å². The van der Waals surface area contributed by atoms with Crippen LogP contribution >= 0.6 is 7.91 Å². The van der Waals surface area contributed by atoms with Gasteiger partial charge in [-0.15, -0.1) is 0 Å². The van der Waals surface area contributed by atoms with E-state index in [1.54, 1.807) is 18.2 Å². The second kappa shape index (κ2) is 10.9. The summed E-state index contributed by atoms with van der Waals surface area (Å²) in [7, 11) is -5.39. The van der Waals surface area contributed by atoms with Gasteiger partial charge in [0.2, 0.25) is 0 Å². The summed E-state index contributed by atoms with van der Waals surface area (Å²) in [5.74, 6) is -1.13. The molecule has 5 nitrogen and oxygen atoms in total. The molecule has 0 aromatic heterocycles. The largest absolute Gasteiger partial charge is 1.00 e. The van der Waals surface area contributed by atoms with E-state index >= 15 is 0 Å². The second-order valence-electron chi connectivity index (χ2n) is 2.10. The van der Waals surface area contributed by atoms with Gasteiger partial charge in [-0.25, -0.2) is 0 Å². The van der Waals surface area contributed by atoms with Crippen LogP contribution in [0.3, 0.4) is 0 Å².